The highest BCUT2D eigenvalue weighted by Crippen LogP contribution is 2.26. The van der Waals surface area contributed by atoms with E-state index in [1.165, 1.54) is 16.7 Å². The second-order valence-electron chi connectivity index (χ2n) is 5.21. The first kappa shape index (κ1) is 15.5. The molecule has 0 saturated heterocycles. The predicted molar refractivity (Wildman–Crippen MR) is 86.8 cm³/mol. The molecule has 3 nitrogen and oxygen atoms in total. The van der Waals surface area contributed by atoms with Gasteiger partial charge < -0.3 is 10.1 Å². The maximum absolute atomic E-state index is 5.61. The number of hydrogen-bond donors (Lipinski definition) is 1. The number of aromatic nitrogens is 1. The first-order valence-electron chi connectivity index (χ1n) is 7.55. The summed E-state index contributed by atoms with van der Waals surface area (Å²) in [5.41, 5.74) is 4.66. The summed E-state index contributed by atoms with van der Waals surface area (Å²) in [6.45, 7) is 9.87. The third-order valence-corrected chi connectivity index (χ3v) is 3.44. The minimum Gasteiger partial charge on any atom is -0.494 e. The summed E-state index contributed by atoms with van der Waals surface area (Å²) in [7, 11) is 0. The zero-order valence-corrected chi connectivity index (χ0v) is 13.3. The van der Waals surface area contributed by atoms with Gasteiger partial charge in [-0.3, -0.25) is 4.98 Å². The average Bonchev–Trinajstić information content (AvgIpc) is 2.46. The molecule has 0 aliphatic carbocycles. The Morgan fingerprint density at radius 2 is 2.00 bits per heavy atom. The van der Waals surface area contributed by atoms with Gasteiger partial charge >= 0.3 is 0 Å². The lowest BCUT2D eigenvalue weighted by Crippen LogP contribution is -2.24. The van der Waals surface area contributed by atoms with E-state index < -0.39 is 0 Å². The molecule has 1 N–H and O–H groups in total. The maximum atomic E-state index is 5.61. The lowest BCUT2D eigenvalue weighted by atomic mass is 9.99. The Labute approximate surface area is 127 Å². The van der Waals surface area contributed by atoms with Gasteiger partial charge in [-0.15, -0.1) is 0 Å². The van der Waals surface area contributed by atoms with Crippen molar-refractivity contribution in [3.8, 4) is 5.75 Å². The Morgan fingerprint density at radius 1 is 1.19 bits per heavy atom. The van der Waals surface area contributed by atoms with E-state index in [-0.39, 0.29) is 6.04 Å². The van der Waals surface area contributed by atoms with E-state index in [0.29, 0.717) is 6.61 Å². The smallest absolute Gasteiger partial charge is 0.119 e. The fourth-order valence-corrected chi connectivity index (χ4v) is 2.56. The number of benzene rings is 1. The lowest BCUT2D eigenvalue weighted by molar-refractivity contribution is 0.339. The maximum Gasteiger partial charge on any atom is 0.119 e. The Bertz CT molecular complexity index is 596. The van der Waals surface area contributed by atoms with Crippen LogP contribution < -0.4 is 10.1 Å². The van der Waals surface area contributed by atoms with Crippen molar-refractivity contribution >= 4 is 0 Å². The van der Waals surface area contributed by atoms with Gasteiger partial charge in [0, 0.05) is 6.20 Å². The molecule has 3 heteroatoms. The Morgan fingerprint density at radius 3 is 2.67 bits per heavy atom. The highest BCUT2D eigenvalue weighted by Gasteiger charge is 2.17. The second-order valence-corrected chi connectivity index (χ2v) is 5.21. The van der Waals surface area contributed by atoms with Gasteiger partial charge in [-0.2, -0.15) is 0 Å². The molecule has 0 bridgehead atoms. The molecule has 1 heterocycles. The molecule has 0 fully saturated rings. The van der Waals surface area contributed by atoms with Crippen molar-refractivity contribution in [3.05, 3.63) is 58.9 Å². The van der Waals surface area contributed by atoms with Gasteiger partial charge in [0.05, 0.1) is 18.3 Å². The molecule has 112 valence electrons. The zero-order valence-electron chi connectivity index (χ0n) is 13.3. The molecule has 0 saturated carbocycles. The molecule has 0 aliphatic rings. The van der Waals surface area contributed by atoms with Gasteiger partial charge in [0.25, 0.3) is 0 Å². The van der Waals surface area contributed by atoms with Crippen LogP contribution in [0.2, 0.25) is 0 Å². The van der Waals surface area contributed by atoms with Crippen LogP contribution in [0.5, 0.6) is 5.75 Å². The lowest BCUT2D eigenvalue weighted by Gasteiger charge is -2.20. The summed E-state index contributed by atoms with van der Waals surface area (Å²) < 4.78 is 5.61. The molecule has 2 aromatic rings. The summed E-state index contributed by atoms with van der Waals surface area (Å²) in [4.78, 5) is 4.65. The van der Waals surface area contributed by atoms with Gasteiger partial charge in [0.1, 0.15) is 5.75 Å². The number of nitrogens with zero attached hydrogens (tertiary/aromatic N) is 1. The van der Waals surface area contributed by atoms with Crippen molar-refractivity contribution in [3.63, 3.8) is 0 Å². The fourth-order valence-electron chi connectivity index (χ4n) is 2.56. The van der Waals surface area contributed by atoms with E-state index in [9.17, 15) is 0 Å². The predicted octanol–water partition coefficient (Wildman–Crippen LogP) is 3.80. The van der Waals surface area contributed by atoms with Crippen LogP contribution in [0.1, 0.15) is 42.3 Å². The third kappa shape index (κ3) is 3.82. The van der Waals surface area contributed by atoms with E-state index in [2.05, 4.69) is 49.3 Å². The first-order valence-corrected chi connectivity index (χ1v) is 7.55. The summed E-state index contributed by atoms with van der Waals surface area (Å²) in [6.07, 6.45) is 1.93. The van der Waals surface area contributed by atoms with E-state index in [0.717, 1.165) is 18.0 Å². The number of rotatable bonds is 6. The number of ether oxygens (including phenoxy) is 1. The second kappa shape index (κ2) is 7.23. The molecule has 1 unspecified atom stereocenters. The van der Waals surface area contributed by atoms with Crippen molar-refractivity contribution in [2.75, 3.05) is 13.2 Å². The van der Waals surface area contributed by atoms with Gasteiger partial charge in [0.2, 0.25) is 0 Å². The Hall–Kier alpha value is -1.87. The topological polar surface area (TPSA) is 34.1 Å². The summed E-state index contributed by atoms with van der Waals surface area (Å²) >= 11 is 0. The quantitative estimate of drug-likeness (QED) is 0.876. The van der Waals surface area contributed by atoms with Gasteiger partial charge in [-0.1, -0.05) is 25.1 Å². The van der Waals surface area contributed by atoms with Crippen LogP contribution in [0.3, 0.4) is 0 Å². The molecule has 1 aromatic heterocycles. The Balaban J connectivity index is 2.40. The van der Waals surface area contributed by atoms with Crippen LogP contribution in [0, 0.1) is 13.8 Å². The van der Waals surface area contributed by atoms with Crippen LogP contribution in [0.15, 0.2) is 36.5 Å². The molecular formula is C18H24N2O. The molecule has 0 spiro atoms. The van der Waals surface area contributed by atoms with E-state index in [1.807, 2.05) is 25.3 Å². The molecule has 1 aromatic carbocycles. The minimum absolute atomic E-state index is 0.0935. The summed E-state index contributed by atoms with van der Waals surface area (Å²) in [6, 6.07) is 10.5. The van der Waals surface area contributed by atoms with E-state index >= 15 is 0 Å². The van der Waals surface area contributed by atoms with Crippen molar-refractivity contribution in [1.82, 2.24) is 10.3 Å². The van der Waals surface area contributed by atoms with Crippen LogP contribution >= 0.6 is 0 Å². The van der Waals surface area contributed by atoms with Crippen LogP contribution in [-0.4, -0.2) is 18.1 Å². The molecule has 21 heavy (non-hydrogen) atoms. The SMILES string of the molecule is CCNC(c1cccc(OCC)c1)c1ncc(C)cc1C. The highest BCUT2D eigenvalue weighted by molar-refractivity contribution is 5.37. The van der Waals surface area contributed by atoms with Crippen LogP contribution in [0.25, 0.3) is 0 Å². The standard InChI is InChI=1S/C18H24N2O/c1-5-19-18(17-14(4)10-13(3)12-20-17)15-8-7-9-16(11-15)21-6-2/h7-12,18-19H,5-6H2,1-4H3. The van der Waals surface area contributed by atoms with Gasteiger partial charge in [-0.25, -0.2) is 0 Å². The van der Waals surface area contributed by atoms with Crippen molar-refractivity contribution < 1.29 is 4.74 Å². The monoisotopic (exact) mass is 284 g/mol. The van der Waals surface area contributed by atoms with Gasteiger partial charge in [0.15, 0.2) is 0 Å². The number of aryl methyl sites for hydroxylation is 2. The first-order chi connectivity index (χ1) is 10.2. The molecular weight excluding hydrogens is 260 g/mol. The molecule has 0 radical (unpaired) electrons. The molecule has 1 atom stereocenters. The minimum atomic E-state index is 0.0935. The Kier molecular flexibility index (Phi) is 5.34. The zero-order chi connectivity index (χ0) is 15.2. The van der Waals surface area contributed by atoms with E-state index in [4.69, 9.17) is 4.74 Å². The molecule has 2 rings (SSSR count). The fraction of sp³-hybridized carbons (Fsp3) is 0.389. The summed E-state index contributed by atoms with van der Waals surface area (Å²) in [5.74, 6) is 0.905. The van der Waals surface area contributed by atoms with Crippen LogP contribution in [-0.2, 0) is 0 Å². The van der Waals surface area contributed by atoms with Crippen molar-refractivity contribution in [1.29, 1.82) is 0 Å². The number of hydrogen-bond acceptors (Lipinski definition) is 3. The van der Waals surface area contributed by atoms with E-state index in [1.54, 1.807) is 0 Å². The highest BCUT2D eigenvalue weighted by atomic mass is 16.5. The van der Waals surface area contributed by atoms with Crippen molar-refractivity contribution in [2.24, 2.45) is 0 Å². The van der Waals surface area contributed by atoms with Crippen LogP contribution in [0.4, 0.5) is 0 Å². The normalized spacial score (nSPS) is 12.2. The molecule has 0 amide bonds. The molecule has 0 aliphatic heterocycles. The largest absolute Gasteiger partial charge is 0.494 e. The summed E-state index contributed by atoms with van der Waals surface area (Å²) in [5, 5.41) is 3.53. The van der Waals surface area contributed by atoms with Crippen molar-refractivity contribution in [2.45, 2.75) is 33.7 Å². The average molecular weight is 284 g/mol. The number of nitrogens with one attached hydrogen (secondary N) is 1. The third-order valence-electron chi connectivity index (χ3n) is 3.44. The number of pyridine rings is 1. The van der Waals surface area contributed by atoms with Gasteiger partial charge in [-0.05, 0) is 56.1 Å².